The van der Waals surface area contributed by atoms with Crippen molar-refractivity contribution in [3.05, 3.63) is 32.9 Å². The maximum atomic E-state index is 13.3. The van der Waals surface area contributed by atoms with Gasteiger partial charge in [-0.25, -0.2) is 9.59 Å². The Hall–Kier alpha value is -2.00. The molecule has 9 heteroatoms. The Morgan fingerprint density at radius 2 is 2.32 bits per heavy atom. The molecule has 0 aliphatic carbocycles. The molecule has 0 radical (unpaired) electrons. The quantitative estimate of drug-likeness (QED) is 0.568. The van der Waals surface area contributed by atoms with Crippen LogP contribution in [0.2, 0.25) is 0 Å². The third-order valence-electron chi connectivity index (χ3n) is 3.31. The van der Waals surface area contributed by atoms with Crippen molar-refractivity contribution in [3.8, 4) is 0 Å². The average molecular weight is 316 g/mol. The van der Waals surface area contributed by atoms with Crippen LogP contribution in [0.3, 0.4) is 0 Å². The number of nitrogens with zero attached hydrogens (tertiary/aromatic N) is 1. The molecule has 0 unspecified atom stereocenters. The number of hydrogen-bond donors (Lipinski definition) is 2. The molecule has 8 nitrogen and oxygen atoms in total. The molecule has 22 heavy (non-hydrogen) atoms. The van der Waals surface area contributed by atoms with Crippen molar-refractivity contribution < 1.29 is 23.8 Å². The lowest BCUT2D eigenvalue weighted by atomic mass is 10.2. The molecule has 1 aromatic rings. The molecule has 2 N–H and O–H groups in total. The van der Waals surface area contributed by atoms with Gasteiger partial charge in [-0.15, -0.1) is 0 Å². The number of aliphatic hydroxyl groups is 1. The summed E-state index contributed by atoms with van der Waals surface area (Å²) in [5.41, 5.74) is -2.03. The number of halogens is 1. The summed E-state index contributed by atoms with van der Waals surface area (Å²) in [6.45, 7) is 2.14. The zero-order chi connectivity index (χ0) is 16.3. The van der Waals surface area contributed by atoms with Gasteiger partial charge in [0.1, 0.15) is 6.23 Å². The molecule has 1 saturated heterocycles. The molecule has 0 bridgehead atoms. The largest absolute Gasteiger partial charge is 0.464 e. The minimum absolute atomic E-state index is 0.0983. The smallest absolute Gasteiger partial charge is 0.338 e. The van der Waals surface area contributed by atoms with Gasteiger partial charge in [0, 0.05) is 6.42 Å². The van der Waals surface area contributed by atoms with Crippen LogP contribution in [0.5, 0.6) is 0 Å². The van der Waals surface area contributed by atoms with Crippen molar-refractivity contribution >= 4 is 5.97 Å². The SMILES string of the molecule is CCCCOC(=O)[C@H]1O[C@@H](n2cc(F)c(=O)[nH]c2=O)C[C@@H]1O. The average Bonchev–Trinajstić information content (AvgIpc) is 2.85. The Balaban J connectivity index is 2.10. The number of carbonyl (C=O) groups excluding carboxylic acids is 1. The molecule has 2 rings (SSSR count). The lowest BCUT2D eigenvalue weighted by Crippen LogP contribution is -2.35. The summed E-state index contributed by atoms with van der Waals surface area (Å²) >= 11 is 0. The molecule has 0 spiro atoms. The van der Waals surface area contributed by atoms with E-state index in [1.807, 2.05) is 6.92 Å². The maximum Gasteiger partial charge on any atom is 0.338 e. The second-order valence-corrected chi connectivity index (χ2v) is 4.98. The van der Waals surface area contributed by atoms with Crippen molar-refractivity contribution in [1.82, 2.24) is 9.55 Å². The number of nitrogens with one attached hydrogen (secondary N) is 1. The Bertz CT molecular complexity index is 655. The number of aromatic amines is 1. The normalized spacial score (nSPS) is 24.4. The van der Waals surface area contributed by atoms with Crippen LogP contribution < -0.4 is 11.2 Å². The van der Waals surface area contributed by atoms with Crippen LogP contribution in [-0.4, -0.2) is 39.4 Å². The van der Waals surface area contributed by atoms with Gasteiger partial charge in [-0.05, 0) is 6.42 Å². The van der Waals surface area contributed by atoms with Gasteiger partial charge in [0.25, 0.3) is 5.56 Å². The topological polar surface area (TPSA) is 111 Å². The van der Waals surface area contributed by atoms with Crippen LogP contribution in [0.15, 0.2) is 15.8 Å². The van der Waals surface area contributed by atoms with Gasteiger partial charge in [0.15, 0.2) is 6.10 Å². The fourth-order valence-electron chi connectivity index (χ4n) is 2.11. The van der Waals surface area contributed by atoms with Gasteiger partial charge in [-0.2, -0.15) is 4.39 Å². The van der Waals surface area contributed by atoms with Crippen molar-refractivity contribution in [2.24, 2.45) is 0 Å². The van der Waals surface area contributed by atoms with E-state index < -0.39 is 41.5 Å². The van der Waals surface area contributed by atoms with E-state index in [1.54, 1.807) is 4.98 Å². The van der Waals surface area contributed by atoms with Crippen molar-refractivity contribution in [2.75, 3.05) is 6.61 Å². The second-order valence-electron chi connectivity index (χ2n) is 4.98. The highest BCUT2D eigenvalue weighted by molar-refractivity contribution is 5.75. The van der Waals surface area contributed by atoms with Crippen LogP contribution in [0, 0.1) is 5.82 Å². The number of aliphatic hydroxyl groups excluding tert-OH is 1. The molecule has 122 valence electrons. The van der Waals surface area contributed by atoms with Crippen LogP contribution in [0.1, 0.15) is 32.4 Å². The Kier molecular flexibility index (Phi) is 5.09. The number of ether oxygens (including phenoxy) is 2. The Morgan fingerprint density at radius 3 is 3.00 bits per heavy atom. The lowest BCUT2D eigenvalue weighted by molar-refractivity contribution is -0.162. The first-order chi connectivity index (χ1) is 10.4. The highest BCUT2D eigenvalue weighted by atomic mass is 19.1. The zero-order valence-corrected chi connectivity index (χ0v) is 12.0. The summed E-state index contributed by atoms with van der Waals surface area (Å²) in [6, 6.07) is 0. The van der Waals surface area contributed by atoms with E-state index in [-0.39, 0.29) is 13.0 Å². The lowest BCUT2D eigenvalue weighted by Gasteiger charge is -2.15. The first-order valence-corrected chi connectivity index (χ1v) is 6.95. The third kappa shape index (κ3) is 3.42. The first kappa shape index (κ1) is 16.4. The summed E-state index contributed by atoms with van der Waals surface area (Å²) in [5.74, 6) is -1.90. The summed E-state index contributed by atoms with van der Waals surface area (Å²) in [5, 5.41) is 9.86. The van der Waals surface area contributed by atoms with Crippen molar-refractivity contribution in [3.63, 3.8) is 0 Å². The van der Waals surface area contributed by atoms with E-state index in [0.29, 0.717) is 12.6 Å². The second kappa shape index (κ2) is 6.84. The van der Waals surface area contributed by atoms with Crippen LogP contribution in [0.4, 0.5) is 4.39 Å². The van der Waals surface area contributed by atoms with Crippen LogP contribution >= 0.6 is 0 Å². The van der Waals surface area contributed by atoms with Gasteiger partial charge in [-0.1, -0.05) is 13.3 Å². The van der Waals surface area contributed by atoms with E-state index >= 15 is 0 Å². The van der Waals surface area contributed by atoms with Crippen LogP contribution in [-0.2, 0) is 14.3 Å². The van der Waals surface area contributed by atoms with Crippen molar-refractivity contribution in [1.29, 1.82) is 0 Å². The van der Waals surface area contributed by atoms with Gasteiger partial charge in [0.2, 0.25) is 5.82 Å². The molecular weight excluding hydrogens is 299 g/mol. The number of hydrogen-bond acceptors (Lipinski definition) is 6. The van der Waals surface area contributed by atoms with E-state index in [2.05, 4.69) is 0 Å². The van der Waals surface area contributed by atoms with E-state index in [1.165, 1.54) is 0 Å². The summed E-state index contributed by atoms with van der Waals surface area (Å²) < 4.78 is 24.3. The molecule has 0 aromatic carbocycles. The molecule has 3 atom stereocenters. The molecule has 1 fully saturated rings. The standard InChI is InChI=1S/C13H17FN2O6/c1-2-3-4-21-12(19)10-8(17)5-9(22-10)16-6-7(14)11(18)15-13(16)20/h6,8-10,17H,2-5H2,1H3,(H,15,18,20)/t8-,9+,10-/m0/s1. The fourth-order valence-corrected chi connectivity index (χ4v) is 2.11. The molecule has 2 heterocycles. The van der Waals surface area contributed by atoms with Gasteiger partial charge in [0.05, 0.1) is 18.9 Å². The zero-order valence-electron chi connectivity index (χ0n) is 12.0. The molecule has 1 aliphatic heterocycles. The predicted molar refractivity (Wildman–Crippen MR) is 71.7 cm³/mol. The van der Waals surface area contributed by atoms with Crippen molar-refractivity contribution in [2.45, 2.75) is 44.6 Å². The number of unbranched alkanes of at least 4 members (excludes halogenated alkanes) is 1. The summed E-state index contributed by atoms with van der Waals surface area (Å²) in [7, 11) is 0. The molecular formula is C13H17FN2O6. The first-order valence-electron chi connectivity index (χ1n) is 6.95. The molecule has 1 aromatic heterocycles. The van der Waals surface area contributed by atoms with Gasteiger partial charge in [-0.3, -0.25) is 14.3 Å². The Labute approximate surface area is 124 Å². The van der Waals surface area contributed by atoms with E-state index in [4.69, 9.17) is 9.47 Å². The minimum Gasteiger partial charge on any atom is -0.464 e. The maximum absolute atomic E-state index is 13.3. The number of esters is 1. The molecule has 1 aliphatic rings. The predicted octanol–water partition coefficient (Wildman–Crippen LogP) is -0.333. The number of rotatable bonds is 5. The summed E-state index contributed by atoms with van der Waals surface area (Å²) in [6.07, 6.45) is -1.37. The molecule has 0 saturated carbocycles. The third-order valence-corrected chi connectivity index (χ3v) is 3.31. The fraction of sp³-hybridized carbons (Fsp3) is 0.615. The number of carbonyl (C=O) groups is 1. The Morgan fingerprint density at radius 1 is 1.59 bits per heavy atom. The van der Waals surface area contributed by atoms with Crippen LogP contribution in [0.25, 0.3) is 0 Å². The van der Waals surface area contributed by atoms with Gasteiger partial charge >= 0.3 is 11.7 Å². The summed E-state index contributed by atoms with van der Waals surface area (Å²) in [4.78, 5) is 36.2. The van der Waals surface area contributed by atoms with Gasteiger partial charge < -0.3 is 14.6 Å². The minimum atomic E-state index is -1.25. The number of H-pyrrole nitrogens is 1. The highest BCUT2D eigenvalue weighted by Crippen LogP contribution is 2.28. The van der Waals surface area contributed by atoms with E-state index in [9.17, 15) is 23.9 Å². The molecule has 0 amide bonds. The monoisotopic (exact) mass is 316 g/mol. The highest BCUT2D eigenvalue weighted by Gasteiger charge is 2.41. The number of aromatic nitrogens is 2. The van der Waals surface area contributed by atoms with E-state index in [0.717, 1.165) is 11.0 Å².